The van der Waals surface area contributed by atoms with Gasteiger partial charge in [-0.2, -0.15) is 0 Å². The summed E-state index contributed by atoms with van der Waals surface area (Å²) in [6, 6.07) is 6.78. The van der Waals surface area contributed by atoms with Crippen molar-refractivity contribution in [3.8, 4) is 10.7 Å². The molecular weight excluding hydrogens is 294 g/mol. The van der Waals surface area contributed by atoms with Crippen LogP contribution in [0.5, 0.6) is 0 Å². The van der Waals surface area contributed by atoms with Crippen molar-refractivity contribution in [3.63, 3.8) is 0 Å². The molecule has 3 aromatic rings. The third-order valence-corrected chi connectivity index (χ3v) is 5.22. The number of nitrogen functional groups attached to an aromatic ring is 1. The molecular formula is C13H13N3O2S2. The standard InChI is InChI=1S/C13H13N3O2S2/c1-7-5-11(14)19-12(7)13-15-9-4-3-8(20(2,17)18)6-10(9)16-13/h3-6H,14H2,1-2H3,(H,15,16). The minimum absolute atomic E-state index is 0.280. The van der Waals surface area contributed by atoms with Gasteiger partial charge in [0.25, 0.3) is 0 Å². The number of H-pyrrole nitrogens is 1. The van der Waals surface area contributed by atoms with E-state index in [2.05, 4.69) is 9.97 Å². The van der Waals surface area contributed by atoms with Crippen molar-refractivity contribution < 1.29 is 8.42 Å². The van der Waals surface area contributed by atoms with Crippen molar-refractivity contribution in [2.24, 2.45) is 0 Å². The van der Waals surface area contributed by atoms with Crippen LogP contribution in [0, 0.1) is 6.92 Å². The highest BCUT2D eigenvalue weighted by Gasteiger charge is 2.13. The Hall–Kier alpha value is -1.86. The van der Waals surface area contributed by atoms with Gasteiger partial charge in [-0.25, -0.2) is 13.4 Å². The zero-order valence-corrected chi connectivity index (χ0v) is 12.6. The fourth-order valence-corrected chi connectivity index (χ4v) is 3.60. The van der Waals surface area contributed by atoms with Crippen molar-refractivity contribution in [2.75, 3.05) is 12.0 Å². The van der Waals surface area contributed by atoms with Crippen molar-refractivity contribution >= 4 is 37.2 Å². The lowest BCUT2D eigenvalue weighted by atomic mass is 10.3. The van der Waals surface area contributed by atoms with Gasteiger partial charge in [0.15, 0.2) is 9.84 Å². The molecule has 0 unspecified atom stereocenters. The summed E-state index contributed by atoms with van der Waals surface area (Å²) in [5.74, 6) is 0.713. The van der Waals surface area contributed by atoms with E-state index in [9.17, 15) is 8.42 Å². The smallest absolute Gasteiger partial charge is 0.175 e. The van der Waals surface area contributed by atoms with Crippen molar-refractivity contribution in [2.45, 2.75) is 11.8 Å². The van der Waals surface area contributed by atoms with Crippen LogP contribution in [0.25, 0.3) is 21.7 Å². The van der Waals surface area contributed by atoms with Crippen LogP contribution in [-0.4, -0.2) is 24.6 Å². The highest BCUT2D eigenvalue weighted by molar-refractivity contribution is 7.90. The van der Waals surface area contributed by atoms with Gasteiger partial charge in [-0.3, -0.25) is 0 Å². The SMILES string of the molecule is Cc1cc(N)sc1-c1nc2ccc(S(C)(=O)=O)cc2[nH]1. The van der Waals surface area contributed by atoms with Gasteiger partial charge in [-0.15, -0.1) is 11.3 Å². The van der Waals surface area contributed by atoms with Crippen molar-refractivity contribution in [1.82, 2.24) is 9.97 Å². The van der Waals surface area contributed by atoms with Crippen LogP contribution in [0.15, 0.2) is 29.2 Å². The van der Waals surface area contributed by atoms with E-state index in [0.717, 1.165) is 21.0 Å². The molecule has 0 saturated heterocycles. The maximum Gasteiger partial charge on any atom is 0.175 e. The molecule has 0 atom stereocenters. The molecule has 0 spiro atoms. The third kappa shape index (κ3) is 2.19. The van der Waals surface area contributed by atoms with E-state index in [-0.39, 0.29) is 4.90 Å². The van der Waals surface area contributed by atoms with E-state index in [1.807, 2.05) is 13.0 Å². The molecule has 104 valence electrons. The van der Waals surface area contributed by atoms with Gasteiger partial charge >= 0.3 is 0 Å². The number of hydrogen-bond donors (Lipinski definition) is 2. The van der Waals surface area contributed by atoms with Crippen molar-refractivity contribution in [3.05, 3.63) is 29.8 Å². The number of imidazole rings is 1. The number of hydrogen-bond acceptors (Lipinski definition) is 5. The van der Waals surface area contributed by atoms with E-state index in [0.29, 0.717) is 11.3 Å². The number of aryl methyl sites for hydroxylation is 1. The fraction of sp³-hybridized carbons (Fsp3) is 0.154. The number of aromatic amines is 1. The Labute approximate surface area is 120 Å². The summed E-state index contributed by atoms with van der Waals surface area (Å²) >= 11 is 1.46. The van der Waals surface area contributed by atoms with E-state index >= 15 is 0 Å². The fourth-order valence-electron chi connectivity index (χ4n) is 2.07. The second kappa shape index (κ2) is 4.32. The second-order valence-corrected chi connectivity index (χ2v) is 7.80. The first-order valence-electron chi connectivity index (χ1n) is 5.91. The topological polar surface area (TPSA) is 88.8 Å². The van der Waals surface area contributed by atoms with E-state index in [1.54, 1.807) is 18.2 Å². The summed E-state index contributed by atoms with van der Waals surface area (Å²) in [5, 5.41) is 0.731. The van der Waals surface area contributed by atoms with Gasteiger partial charge in [0, 0.05) is 6.26 Å². The summed E-state index contributed by atoms with van der Waals surface area (Å²) in [4.78, 5) is 8.89. The molecule has 3 N–H and O–H groups in total. The molecule has 2 aromatic heterocycles. The van der Waals surface area contributed by atoms with E-state index < -0.39 is 9.84 Å². The van der Waals surface area contributed by atoms with Crippen LogP contribution in [0.2, 0.25) is 0 Å². The van der Waals surface area contributed by atoms with Crippen LogP contribution in [0.3, 0.4) is 0 Å². The Kier molecular flexibility index (Phi) is 2.84. The third-order valence-electron chi connectivity index (χ3n) is 3.03. The number of nitrogens with two attached hydrogens (primary N) is 1. The predicted octanol–water partition coefficient (Wildman–Crippen LogP) is 2.59. The predicted molar refractivity (Wildman–Crippen MR) is 81.7 cm³/mol. The van der Waals surface area contributed by atoms with Crippen molar-refractivity contribution in [1.29, 1.82) is 0 Å². The minimum atomic E-state index is -3.22. The molecule has 1 aromatic carbocycles. The molecule has 7 heteroatoms. The summed E-state index contributed by atoms with van der Waals surface area (Å²) in [6.45, 7) is 1.97. The zero-order valence-electron chi connectivity index (χ0n) is 11.0. The zero-order chi connectivity index (χ0) is 14.5. The van der Waals surface area contributed by atoms with Crippen LogP contribution >= 0.6 is 11.3 Å². The number of rotatable bonds is 2. The number of benzene rings is 1. The van der Waals surface area contributed by atoms with Gasteiger partial charge in [0.2, 0.25) is 0 Å². The number of sulfone groups is 1. The molecule has 0 aliphatic rings. The molecule has 0 radical (unpaired) electrons. The first-order valence-corrected chi connectivity index (χ1v) is 8.61. The van der Waals surface area contributed by atoms with Crippen LogP contribution in [0.4, 0.5) is 5.00 Å². The molecule has 0 aliphatic carbocycles. The van der Waals surface area contributed by atoms with Gasteiger partial charge in [0.05, 0.1) is 25.8 Å². The Morgan fingerprint density at radius 1 is 1.30 bits per heavy atom. The van der Waals surface area contributed by atoms with Gasteiger partial charge in [0.1, 0.15) is 5.82 Å². The average Bonchev–Trinajstić information content (AvgIpc) is 2.89. The van der Waals surface area contributed by atoms with E-state index in [1.165, 1.54) is 17.6 Å². The van der Waals surface area contributed by atoms with Crippen LogP contribution in [0.1, 0.15) is 5.56 Å². The Morgan fingerprint density at radius 3 is 2.65 bits per heavy atom. The molecule has 20 heavy (non-hydrogen) atoms. The highest BCUT2D eigenvalue weighted by atomic mass is 32.2. The van der Waals surface area contributed by atoms with Crippen LogP contribution < -0.4 is 5.73 Å². The lowest BCUT2D eigenvalue weighted by molar-refractivity contribution is 0.602. The number of anilines is 1. The molecule has 2 heterocycles. The van der Waals surface area contributed by atoms with Gasteiger partial charge < -0.3 is 10.7 Å². The largest absolute Gasteiger partial charge is 0.391 e. The number of aromatic nitrogens is 2. The number of nitrogens with zero attached hydrogens (tertiary/aromatic N) is 1. The highest BCUT2D eigenvalue weighted by Crippen LogP contribution is 2.33. The number of nitrogens with one attached hydrogen (secondary N) is 1. The summed E-state index contributed by atoms with van der Waals surface area (Å²) in [6.07, 6.45) is 1.19. The molecule has 0 saturated carbocycles. The maximum absolute atomic E-state index is 11.6. The summed E-state index contributed by atoms with van der Waals surface area (Å²) in [7, 11) is -3.22. The molecule has 0 fully saturated rings. The molecule has 0 bridgehead atoms. The number of fused-ring (bicyclic) bond motifs is 1. The quantitative estimate of drug-likeness (QED) is 0.761. The lowest BCUT2D eigenvalue weighted by Gasteiger charge is -1.96. The van der Waals surface area contributed by atoms with Gasteiger partial charge in [-0.1, -0.05) is 0 Å². The van der Waals surface area contributed by atoms with Crippen LogP contribution in [-0.2, 0) is 9.84 Å². The van der Waals surface area contributed by atoms with Gasteiger partial charge in [-0.05, 0) is 36.8 Å². The average molecular weight is 307 g/mol. The van der Waals surface area contributed by atoms with E-state index in [4.69, 9.17) is 5.73 Å². The number of thiophene rings is 1. The molecule has 3 rings (SSSR count). The Morgan fingerprint density at radius 2 is 2.05 bits per heavy atom. The normalized spacial score (nSPS) is 12.1. The lowest BCUT2D eigenvalue weighted by Crippen LogP contribution is -1.96. The molecule has 5 nitrogen and oxygen atoms in total. The first-order chi connectivity index (χ1) is 9.34. The monoisotopic (exact) mass is 307 g/mol. The Balaban J connectivity index is 2.18. The summed E-state index contributed by atoms with van der Waals surface area (Å²) in [5.41, 5.74) is 8.28. The first kappa shape index (κ1) is 13.1. The summed E-state index contributed by atoms with van der Waals surface area (Å²) < 4.78 is 23.1. The molecule has 0 amide bonds. The second-order valence-electron chi connectivity index (χ2n) is 4.70. The Bertz CT molecular complexity index is 907. The maximum atomic E-state index is 11.6. The molecule has 0 aliphatic heterocycles. The minimum Gasteiger partial charge on any atom is -0.391 e.